The molecule has 0 aliphatic rings. The van der Waals surface area contributed by atoms with Gasteiger partial charge in [-0.2, -0.15) is 5.26 Å². The summed E-state index contributed by atoms with van der Waals surface area (Å²) in [6.45, 7) is 3.97. The third kappa shape index (κ3) is 6.25. The molecule has 2 rings (SSSR count). The van der Waals surface area contributed by atoms with E-state index in [1.54, 1.807) is 24.3 Å². The minimum Gasteiger partial charge on any atom is -0.356 e. The lowest BCUT2D eigenvalue weighted by Crippen LogP contribution is -2.25. The van der Waals surface area contributed by atoms with E-state index < -0.39 is 0 Å². The topological polar surface area (TPSA) is 82.0 Å². The van der Waals surface area contributed by atoms with Crippen LogP contribution in [0.25, 0.3) is 0 Å². The SMILES string of the molecule is C=CC(=O)Nc1ccc(CCC(=O)NCCc2ccc(C#N)cc2)cc1. The Morgan fingerprint density at radius 1 is 1.00 bits per heavy atom. The summed E-state index contributed by atoms with van der Waals surface area (Å²) in [6.07, 6.45) is 3.00. The van der Waals surface area contributed by atoms with Crippen molar-refractivity contribution in [1.29, 1.82) is 5.26 Å². The summed E-state index contributed by atoms with van der Waals surface area (Å²) >= 11 is 0. The molecule has 0 aromatic heterocycles. The molecule has 0 atom stereocenters. The van der Waals surface area contributed by atoms with Crippen molar-refractivity contribution in [2.45, 2.75) is 19.3 Å². The number of hydrogen-bond donors (Lipinski definition) is 2. The van der Waals surface area contributed by atoms with Gasteiger partial charge in [-0.1, -0.05) is 30.8 Å². The van der Waals surface area contributed by atoms with Crippen LogP contribution in [0.1, 0.15) is 23.1 Å². The maximum absolute atomic E-state index is 11.9. The minimum absolute atomic E-state index is 0.00248. The van der Waals surface area contributed by atoms with Crippen molar-refractivity contribution in [3.63, 3.8) is 0 Å². The van der Waals surface area contributed by atoms with Gasteiger partial charge in [-0.3, -0.25) is 9.59 Å². The number of amides is 2. The second kappa shape index (κ2) is 9.80. The summed E-state index contributed by atoms with van der Waals surface area (Å²) < 4.78 is 0. The van der Waals surface area contributed by atoms with Crippen LogP contribution >= 0.6 is 0 Å². The molecule has 0 saturated carbocycles. The van der Waals surface area contributed by atoms with Gasteiger partial charge in [-0.15, -0.1) is 0 Å². The summed E-state index contributed by atoms with van der Waals surface area (Å²) in [7, 11) is 0. The van der Waals surface area contributed by atoms with E-state index in [-0.39, 0.29) is 11.8 Å². The van der Waals surface area contributed by atoms with Gasteiger partial charge in [0.15, 0.2) is 0 Å². The molecule has 0 aliphatic heterocycles. The van der Waals surface area contributed by atoms with Crippen molar-refractivity contribution in [2.75, 3.05) is 11.9 Å². The lowest BCUT2D eigenvalue weighted by molar-refractivity contribution is -0.121. The fourth-order valence-electron chi connectivity index (χ4n) is 2.39. The molecule has 2 N–H and O–H groups in total. The first-order valence-electron chi connectivity index (χ1n) is 8.39. The molecule has 0 aliphatic carbocycles. The van der Waals surface area contributed by atoms with Crippen molar-refractivity contribution in [2.24, 2.45) is 0 Å². The van der Waals surface area contributed by atoms with E-state index in [9.17, 15) is 9.59 Å². The summed E-state index contributed by atoms with van der Waals surface area (Å²) in [6, 6.07) is 16.8. The first-order chi connectivity index (χ1) is 12.6. The second-order valence-corrected chi connectivity index (χ2v) is 5.80. The zero-order valence-corrected chi connectivity index (χ0v) is 14.5. The Balaban J connectivity index is 1.70. The Labute approximate surface area is 153 Å². The van der Waals surface area contributed by atoms with Crippen LogP contribution in [0.5, 0.6) is 0 Å². The Morgan fingerprint density at radius 3 is 2.23 bits per heavy atom. The van der Waals surface area contributed by atoms with Crippen LogP contribution in [0.4, 0.5) is 5.69 Å². The summed E-state index contributed by atoms with van der Waals surface area (Å²) in [5.41, 5.74) is 3.45. The molecule has 132 valence electrons. The van der Waals surface area contributed by atoms with Gasteiger partial charge in [0.05, 0.1) is 11.6 Å². The predicted octanol–water partition coefficient (Wildman–Crippen LogP) is 2.97. The molecule has 0 fully saturated rings. The van der Waals surface area contributed by atoms with Crippen LogP contribution in [0.15, 0.2) is 61.2 Å². The van der Waals surface area contributed by atoms with Gasteiger partial charge >= 0.3 is 0 Å². The predicted molar refractivity (Wildman–Crippen MR) is 101 cm³/mol. The number of rotatable bonds is 8. The molecule has 26 heavy (non-hydrogen) atoms. The van der Waals surface area contributed by atoms with Crippen molar-refractivity contribution in [3.05, 3.63) is 77.9 Å². The van der Waals surface area contributed by atoms with E-state index in [1.165, 1.54) is 6.08 Å². The van der Waals surface area contributed by atoms with Gasteiger partial charge in [-0.05, 0) is 54.3 Å². The van der Waals surface area contributed by atoms with Crippen LogP contribution in [0.3, 0.4) is 0 Å². The highest BCUT2D eigenvalue weighted by atomic mass is 16.2. The highest BCUT2D eigenvalue weighted by Crippen LogP contribution is 2.11. The molecule has 0 radical (unpaired) electrons. The standard InChI is InChI=1S/C21H21N3O2/c1-2-20(25)24-19-10-7-16(8-11-19)9-12-21(26)23-14-13-17-3-5-18(15-22)6-4-17/h2-8,10-11H,1,9,12-14H2,(H,23,26)(H,24,25). The van der Waals surface area contributed by atoms with Crippen molar-refractivity contribution < 1.29 is 9.59 Å². The van der Waals surface area contributed by atoms with Crippen LogP contribution in [0.2, 0.25) is 0 Å². The first-order valence-corrected chi connectivity index (χ1v) is 8.39. The van der Waals surface area contributed by atoms with Gasteiger partial charge in [0, 0.05) is 18.7 Å². The number of nitriles is 1. The average molecular weight is 347 g/mol. The molecule has 5 heteroatoms. The molecule has 0 saturated heterocycles. The van der Waals surface area contributed by atoms with Crippen LogP contribution < -0.4 is 10.6 Å². The Hall–Kier alpha value is -3.39. The number of benzene rings is 2. The van der Waals surface area contributed by atoms with Crippen LogP contribution in [-0.4, -0.2) is 18.4 Å². The number of aryl methyl sites for hydroxylation is 1. The lowest BCUT2D eigenvalue weighted by Gasteiger charge is -2.07. The highest BCUT2D eigenvalue weighted by molar-refractivity contribution is 5.98. The maximum atomic E-state index is 11.9. The number of nitrogens with one attached hydrogen (secondary N) is 2. The third-order valence-corrected chi connectivity index (χ3v) is 3.87. The maximum Gasteiger partial charge on any atom is 0.247 e. The fourth-order valence-corrected chi connectivity index (χ4v) is 2.39. The number of nitrogens with zero attached hydrogens (tertiary/aromatic N) is 1. The Bertz CT molecular complexity index is 803. The fraction of sp³-hybridized carbons (Fsp3) is 0.190. The van der Waals surface area contributed by atoms with Crippen molar-refractivity contribution in [3.8, 4) is 6.07 Å². The van der Waals surface area contributed by atoms with Gasteiger partial charge < -0.3 is 10.6 Å². The molecule has 0 heterocycles. The van der Waals surface area contributed by atoms with Gasteiger partial charge in [0.2, 0.25) is 11.8 Å². The second-order valence-electron chi connectivity index (χ2n) is 5.80. The quantitative estimate of drug-likeness (QED) is 0.720. The van der Waals surface area contributed by atoms with Gasteiger partial charge in [0.25, 0.3) is 0 Å². The molecule has 2 aromatic rings. The zero-order chi connectivity index (χ0) is 18.8. The van der Waals surface area contributed by atoms with E-state index in [0.29, 0.717) is 30.6 Å². The largest absolute Gasteiger partial charge is 0.356 e. The monoisotopic (exact) mass is 347 g/mol. The average Bonchev–Trinajstić information content (AvgIpc) is 2.68. The third-order valence-electron chi connectivity index (χ3n) is 3.87. The lowest BCUT2D eigenvalue weighted by atomic mass is 10.1. The smallest absolute Gasteiger partial charge is 0.247 e. The molecule has 0 spiro atoms. The van der Waals surface area contributed by atoms with Crippen molar-refractivity contribution >= 4 is 17.5 Å². The summed E-state index contributed by atoms with van der Waals surface area (Å²) in [5, 5.41) is 14.3. The van der Waals surface area contributed by atoms with E-state index >= 15 is 0 Å². The molecule has 0 unspecified atom stereocenters. The highest BCUT2D eigenvalue weighted by Gasteiger charge is 2.03. The van der Waals surface area contributed by atoms with Crippen LogP contribution in [-0.2, 0) is 22.4 Å². The first kappa shape index (κ1) is 18.9. The van der Waals surface area contributed by atoms with Gasteiger partial charge in [-0.25, -0.2) is 0 Å². The van der Waals surface area contributed by atoms with E-state index in [0.717, 1.165) is 17.5 Å². The normalized spacial score (nSPS) is 9.81. The number of carbonyl (C=O) groups excluding carboxylic acids is 2. The van der Waals surface area contributed by atoms with E-state index in [2.05, 4.69) is 23.3 Å². The van der Waals surface area contributed by atoms with Crippen LogP contribution in [0, 0.1) is 11.3 Å². The van der Waals surface area contributed by atoms with E-state index in [1.807, 2.05) is 24.3 Å². The molecular formula is C21H21N3O2. The van der Waals surface area contributed by atoms with E-state index in [4.69, 9.17) is 5.26 Å². The molecule has 5 nitrogen and oxygen atoms in total. The Morgan fingerprint density at radius 2 is 1.62 bits per heavy atom. The number of hydrogen-bond acceptors (Lipinski definition) is 3. The van der Waals surface area contributed by atoms with Crippen molar-refractivity contribution in [1.82, 2.24) is 5.32 Å². The number of carbonyl (C=O) groups is 2. The molecule has 0 bridgehead atoms. The Kier molecular flexibility index (Phi) is 7.14. The summed E-state index contributed by atoms with van der Waals surface area (Å²) in [5.74, 6) is -0.248. The summed E-state index contributed by atoms with van der Waals surface area (Å²) in [4.78, 5) is 23.2. The molecule has 2 aromatic carbocycles. The minimum atomic E-state index is -0.251. The number of anilines is 1. The molecular weight excluding hydrogens is 326 g/mol. The zero-order valence-electron chi connectivity index (χ0n) is 14.5. The molecule has 2 amide bonds. The van der Waals surface area contributed by atoms with Gasteiger partial charge in [0.1, 0.15) is 0 Å².